The van der Waals surface area contributed by atoms with Crippen LogP contribution in [0.25, 0.3) is 5.69 Å². The van der Waals surface area contributed by atoms with Crippen LogP contribution in [-0.2, 0) is 11.2 Å². The Morgan fingerprint density at radius 1 is 1.11 bits per heavy atom. The Kier molecular flexibility index (Phi) is 6.06. The molecular formula is C21H22N4O3. The van der Waals surface area contributed by atoms with E-state index in [0.29, 0.717) is 11.5 Å². The second kappa shape index (κ2) is 8.85. The van der Waals surface area contributed by atoms with Gasteiger partial charge in [-0.25, -0.2) is 10.4 Å². The van der Waals surface area contributed by atoms with Crippen molar-refractivity contribution in [3.05, 3.63) is 72.3 Å². The third kappa shape index (κ3) is 4.56. The van der Waals surface area contributed by atoms with E-state index in [0.717, 1.165) is 22.5 Å². The normalized spacial score (nSPS) is 11.2. The molecular weight excluding hydrogens is 356 g/mol. The van der Waals surface area contributed by atoms with Crippen LogP contribution in [0.2, 0.25) is 0 Å². The van der Waals surface area contributed by atoms with E-state index in [-0.39, 0.29) is 12.3 Å². The molecule has 3 aromatic rings. The van der Waals surface area contributed by atoms with Crippen LogP contribution in [-0.4, -0.2) is 35.4 Å². The minimum Gasteiger partial charge on any atom is -0.493 e. The minimum absolute atomic E-state index is 0.191. The zero-order valence-electron chi connectivity index (χ0n) is 16.0. The maximum Gasteiger partial charge on any atom is 0.244 e. The molecule has 0 atom stereocenters. The summed E-state index contributed by atoms with van der Waals surface area (Å²) in [6.45, 7) is 1.85. The highest BCUT2D eigenvalue weighted by Crippen LogP contribution is 2.27. The summed E-state index contributed by atoms with van der Waals surface area (Å²) in [6, 6.07) is 13.2. The van der Waals surface area contributed by atoms with Gasteiger partial charge in [-0.1, -0.05) is 18.2 Å². The first kappa shape index (κ1) is 19.2. The average molecular weight is 378 g/mol. The van der Waals surface area contributed by atoms with E-state index < -0.39 is 0 Å². The molecule has 1 N–H and O–H groups in total. The number of hydrazone groups is 1. The molecule has 7 heteroatoms. The summed E-state index contributed by atoms with van der Waals surface area (Å²) in [5.41, 5.74) is 6.06. The Hall–Kier alpha value is -3.61. The first-order chi connectivity index (χ1) is 13.6. The number of imidazole rings is 1. The van der Waals surface area contributed by atoms with Crippen molar-refractivity contribution in [1.29, 1.82) is 0 Å². The molecule has 28 heavy (non-hydrogen) atoms. The fraction of sp³-hybridized carbons (Fsp3) is 0.190. The highest BCUT2D eigenvalue weighted by molar-refractivity contribution is 5.99. The van der Waals surface area contributed by atoms with E-state index in [1.165, 1.54) is 0 Å². The van der Waals surface area contributed by atoms with Gasteiger partial charge in [0.1, 0.15) is 0 Å². The Labute approximate surface area is 163 Å². The number of benzene rings is 2. The van der Waals surface area contributed by atoms with Gasteiger partial charge in [0.15, 0.2) is 11.5 Å². The van der Waals surface area contributed by atoms with Crippen molar-refractivity contribution < 1.29 is 14.3 Å². The van der Waals surface area contributed by atoms with Crippen LogP contribution in [0.3, 0.4) is 0 Å². The van der Waals surface area contributed by atoms with Crippen molar-refractivity contribution in [2.24, 2.45) is 5.10 Å². The van der Waals surface area contributed by atoms with Crippen LogP contribution >= 0.6 is 0 Å². The zero-order valence-corrected chi connectivity index (χ0v) is 16.0. The maximum absolute atomic E-state index is 12.2. The summed E-state index contributed by atoms with van der Waals surface area (Å²) in [4.78, 5) is 16.2. The second-order valence-electron chi connectivity index (χ2n) is 6.12. The van der Waals surface area contributed by atoms with Crippen molar-refractivity contribution in [1.82, 2.24) is 15.0 Å². The number of hydrogen-bond donors (Lipinski definition) is 1. The van der Waals surface area contributed by atoms with E-state index in [4.69, 9.17) is 9.47 Å². The number of nitrogens with zero attached hydrogens (tertiary/aromatic N) is 3. The molecule has 3 rings (SSSR count). The highest BCUT2D eigenvalue weighted by atomic mass is 16.5. The van der Waals surface area contributed by atoms with Gasteiger partial charge in [-0.05, 0) is 42.3 Å². The summed E-state index contributed by atoms with van der Waals surface area (Å²) in [5.74, 6) is 1.01. The number of amides is 1. The van der Waals surface area contributed by atoms with Gasteiger partial charge in [-0.3, -0.25) is 4.79 Å². The average Bonchev–Trinajstić information content (AvgIpc) is 3.27. The smallest absolute Gasteiger partial charge is 0.244 e. The van der Waals surface area contributed by atoms with Crippen molar-refractivity contribution in [2.45, 2.75) is 13.3 Å². The van der Waals surface area contributed by atoms with Crippen molar-refractivity contribution >= 4 is 11.6 Å². The molecule has 0 aliphatic heterocycles. The molecule has 1 heterocycles. The predicted molar refractivity (Wildman–Crippen MR) is 107 cm³/mol. The van der Waals surface area contributed by atoms with Crippen LogP contribution in [0.1, 0.15) is 18.1 Å². The first-order valence-corrected chi connectivity index (χ1v) is 8.73. The minimum atomic E-state index is -0.207. The molecule has 0 aliphatic rings. The van der Waals surface area contributed by atoms with Crippen LogP contribution in [0.4, 0.5) is 0 Å². The molecule has 0 saturated carbocycles. The lowest BCUT2D eigenvalue weighted by molar-refractivity contribution is -0.120. The van der Waals surface area contributed by atoms with Gasteiger partial charge in [0.2, 0.25) is 5.91 Å². The third-order valence-electron chi connectivity index (χ3n) is 4.25. The van der Waals surface area contributed by atoms with Gasteiger partial charge >= 0.3 is 0 Å². The molecule has 1 amide bonds. The number of methoxy groups -OCH3 is 2. The van der Waals surface area contributed by atoms with E-state index in [2.05, 4.69) is 15.5 Å². The monoisotopic (exact) mass is 378 g/mol. The molecule has 1 aromatic heterocycles. The molecule has 0 bridgehead atoms. The van der Waals surface area contributed by atoms with Gasteiger partial charge in [0.25, 0.3) is 0 Å². The van der Waals surface area contributed by atoms with Gasteiger partial charge in [0.05, 0.1) is 32.7 Å². The number of nitrogens with one attached hydrogen (secondary N) is 1. The lowest BCUT2D eigenvalue weighted by atomic mass is 10.1. The third-order valence-corrected chi connectivity index (χ3v) is 4.25. The Morgan fingerprint density at radius 2 is 1.86 bits per heavy atom. The summed E-state index contributed by atoms with van der Waals surface area (Å²) in [5, 5.41) is 4.20. The van der Waals surface area contributed by atoms with Crippen LogP contribution in [0.15, 0.2) is 66.3 Å². The molecule has 0 unspecified atom stereocenters. The quantitative estimate of drug-likeness (QED) is 0.506. The molecule has 0 radical (unpaired) electrons. The number of carbonyl (C=O) groups excluding carboxylic acids is 1. The lowest BCUT2D eigenvalue weighted by Crippen LogP contribution is -2.21. The van der Waals surface area contributed by atoms with Crippen molar-refractivity contribution in [3.8, 4) is 17.2 Å². The zero-order chi connectivity index (χ0) is 19.9. The number of hydrogen-bond acceptors (Lipinski definition) is 5. The fourth-order valence-corrected chi connectivity index (χ4v) is 2.71. The Bertz CT molecular complexity index is 964. The lowest BCUT2D eigenvalue weighted by Gasteiger charge is -2.09. The predicted octanol–water partition coefficient (Wildman–Crippen LogP) is 2.97. The fourth-order valence-electron chi connectivity index (χ4n) is 2.71. The molecule has 144 valence electrons. The molecule has 2 aromatic carbocycles. The van der Waals surface area contributed by atoms with Crippen LogP contribution in [0.5, 0.6) is 11.5 Å². The summed E-state index contributed by atoms with van der Waals surface area (Å²) in [6.07, 6.45) is 5.54. The van der Waals surface area contributed by atoms with Crippen molar-refractivity contribution in [2.75, 3.05) is 14.2 Å². The van der Waals surface area contributed by atoms with E-state index in [1.807, 2.05) is 48.0 Å². The highest BCUT2D eigenvalue weighted by Gasteiger charge is 2.08. The maximum atomic E-state index is 12.2. The van der Waals surface area contributed by atoms with E-state index >= 15 is 0 Å². The largest absolute Gasteiger partial charge is 0.493 e. The summed E-state index contributed by atoms with van der Waals surface area (Å²) < 4.78 is 12.4. The van der Waals surface area contributed by atoms with Gasteiger partial charge < -0.3 is 14.0 Å². The van der Waals surface area contributed by atoms with Crippen molar-refractivity contribution in [3.63, 3.8) is 0 Å². The molecule has 0 saturated heterocycles. The summed E-state index contributed by atoms with van der Waals surface area (Å²) in [7, 11) is 3.14. The molecule has 7 nitrogen and oxygen atoms in total. The topological polar surface area (TPSA) is 77.7 Å². The standard InChI is InChI=1S/C21H22N4O3/c1-15(17-5-7-18(8-6-17)25-11-10-22-14-25)23-24-21(26)13-16-4-9-19(27-2)20(12-16)28-3/h4-12,14H,13H2,1-3H3,(H,24,26)/b23-15+. The van der Waals surface area contributed by atoms with Crippen LogP contribution in [0, 0.1) is 0 Å². The molecule has 0 aliphatic carbocycles. The number of aromatic nitrogens is 2. The Balaban J connectivity index is 1.62. The number of ether oxygens (including phenoxy) is 2. The van der Waals surface area contributed by atoms with E-state index in [1.54, 1.807) is 38.9 Å². The molecule has 0 spiro atoms. The van der Waals surface area contributed by atoms with Gasteiger partial charge in [-0.15, -0.1) is 0 Å². The van der Waals surface area contributed by atoms with Gasteiger partial charge in [0, 0.05) is 18.1 Å². The second-order valence-corrected chi connectivity index (χ2v) is 6.12. The van der Waals surface area contributed by atoms with E-state index in [9.17, 15) is 4.79 Å². The number of carbonyl (C=O) groups is 1. The SMILES string of the molecule is COc1ccc(CC(=O)N/N=C(\C)c2ccc(-n3ccnc3)cc2)cc1OC. The van der Waals surface area contributed by atoms with Gasteiger partial charge in [-0.2, -0.15) is 5.10 Å². The molecule has 0 fully saturated rings. The summed E-state index contributed by atoms with van der Waals surface area (Å²) >= 11 is 0. The first-order valence-electron chi connectivity index (χ1n) is 8.73. The number of rotatable bonds is 7. The Morgan fingerprint density at radius 3 is 2.50 bits per heavy atom. The van der Waals surface area contributed by atoms with Crippen LogP contribution < -0.4 is 14.9 Å².